The molecule has 1 atom stereocenters. The summed E-state index contributed by atoms with van der Waals surface area (Å²) >= 11 is 0. The zero-order valence-corrected chi connectivity index (χ0v) is 8.80. The third-order valence-electron chi connectivity index (χ3n) is 2.67. The molecule has 2 rings (SSSR count). The van der Waals surface area contributed by atoms with Crippen molar-refractivity contribution in [1.82, 2.24) is 15.0 Å². The van der Waals surface area contributed by atoms with Gasteiger partial charge in [0, 0.05) is 13.2 Å². The maximum Gasteiger partial charge on any atom is 0.358 e. The highest BCUT2D eigenvalue weighted by Gasteiger charge is 2.24. The van der Waals surface area contributed by atoms with Gasteiger partial charge in [0.25, 0.3) is 0 Å². The molecular weight excluding hydrogens is 212 g/mol. The summed E-state index contributed by atoms with van der Waals surface area (Å²) in [6.07, 6.45) is 1.85. The van der Waals surface area contributed by atoms with Crippen LogP contribution in [-0.2, 0) is 11.3 Å². The van der Waals surface area contributed by atoms with Crippen LogP contribution in [0, 0.1) is 0 Å². The number of carboxylic acids is 1. The molecule has 1 aliphatic heterocycles. The first-order valence-electron chi connectivity index (χ1n) is 5.19. The predicted molar refractivity (Wildman–Crippen MR) is 54.0 cm³/mol. The smallest absolute Gasteiger partial charge is 0.358 e. The van der Waals surface area contributed by atoms with Crippen molar-refractivity contribution in [2.45, 2.75) is 25.4 Å². The van der Waals surface area contributed by atoms with Crippen LogP contribution in [0.3, 0.4) is 0 Å². The number of rotatable bonds is 3. The average molecular weight is 226 g/mol. The minimum absolute atomic E-state index is 0.0490. The number of carboxylic acid groups (broad SMARTS) is 1. The number of hydrogen-bond acceptors (Lipinski definition) is 5. The normalized spacial score (nSPS) is 20.9. The molecule has 1 fully saturated rings. The van der Waals surface area contributed by atoms with Crippen molar-refractivity contribution in [1.29, 1.82) is 0 Å². The second-order valence-corrected chi connectivity index (χ2v) is 3.71. The van der Waals surface area contributed by atoms with Crippen LogP contribution in [-0.4, -0.2) is 39.3 Å². The average Bonchev–Trinajstić information content (AvgIpc) is 2.73. The van der Waals surface area contributed by atoms with Gasteiger partial charge in [-0.15, -0.1) is 5.10 Å². The second kappa shape index (κ2) is 4.58. The Bertz CT molecular complexity index is 384. The zero-order chi connectivity index (χ0) is 11.5. The zero-order valence-electron chi connectivity index (χ0n) is 8.80. The minimum Gasteiger partial charge on any atom is -0.476 e. The summed E-state index contributed by atoms with van der Waals surface area (Å²) in [7, 11) is 0. The minimum atomic E-state index is -1.09. The van der Waals surface area contributed by atoms with Gasteiger partial charge in [0.1, 0.15) is 0 Å². The van der Waals surface area contributed by atoms with Crippen LogP contribution < -0.4 is 5.73 Å². The Labute approximate surface area is 92.2 Å². The number of ether oxygens (including phenoxy) is 1. The Morgan fingerprint density at radius 1 is 1.69 bits per heavy atom. The molecular formula is C9H14N4O3. The highest BCUT2D eigenvalue weighted by Crippen LogP contribution is 2.21. The van der Waals surface area contributed by atoms with E-state index in [4.69, 9.17) is 15.6 Å². The van der Waals surface area contributed by atoms with E-state index >= 15 is 0 Å². The highest BCUT2D eigenvalue weighted by molar-refractivity contribution is 5.86. The fourth-order valence-corrected chi connectivity index (χ4v) is 1.88. The Kier molecular flexibility index (Phi) is 3.16. The number of aromatic nitrogens is 3. The number of nitrogens with zero attached hydrogens (tertiary/aromatic N) is 3. The van der Waals surface area contributed by atoms with Crippen LogP contribution in [0.25, 0.3) is 0 Å². The van der Waals surface area contributed by atoms with Crippen LogP contribution in [0.5, 0.6) is 0 Å². The van der Waals surface area contributed by atoms with E-state index in [0.717, 1.165) is 19.4 Å². The van der Waals surface area contributed by atoms with Gasteiger partial charge in [-0.3, -0.25) is 0 Å². The lowest BCUT2D eigenvalue weighted by Crippen LogP contribution is -2.25. The summed E-state index contributed by atoms with van der Waals surface area (Å²) in [5.74, 6) is -1.09. The molecule has 1 aromatic heterocycles. The van der Waals surface area contributed by atoms with E-state index in [0.29, 0.717) is 12.3 Å². The van der Waals surface area contributed by atoms with E-state index in [1.807, 2.05) is 0 Å². The van der Waals surface area contributed by atoms with E-state index in [9.17, 15) is 4.79 Å². The molecule has 0 aromatic carbocycles. The first kappa shape index (κ1) is 11.0. The monoisotopic (exact) mass is 226 g/mol. The molecule has 0 radical (unpaired) electrons. The van der Waals surface area contributed by atoms with Gasteiger partial charge in [0.05, 0.1) is 18.3 Å². The fraction of sp³-hybridized carbons (Fsp3) is 0.667. The summed E-state index contributed by atoms with van der Waals surface area (Å²) < 4.78 is 6.91. The van der Waals surface area contributed by atoms with Crippen molar-refractivity contribution in [3.8, 4) is 0 Å². The first-order valence-corrected chi connectivity index (χ1v) is 5.19. The van der Waals surface area contributed by atoms with E-state index in [2.05, 4.69) is 10.3 Å². The first-order chi connectivity index (χ1) is 7.74. The predicted octanol–water partition coefficient (Wildman–Crippen LogP) is -0.214. The molecule has 0 saturated carbocycles. The number of nitrogens with two attached hydrogens (primary N) is 1. The third-order valence-corrected chi connectivity index (χ3v) is 2.67. The lowest BCUT2D eigenvalue weighted by molar-refractivity contribution is 0.0531. The van der Waals surface area contributed by atoms with E-state index < -0.39 is 5.97 Å². The largest absolute Gasteiger partial charge is 0.476 e. The quantitative estimate of drug-likeness (QED) is 0.739. The lowest BCUT2D eigenvalue weighted by Gasteiger charge is -2.23. The number of carbonyl (C=O) groups is 1. The summed E-state index contributed by atoms with van der Waals surface area (Å²) in [4.78, 5) is 10.9. The summed E-state index contributed by atoms with van der Waals surface area (Å²) in [5.41, 5.74) is 5.93. The molecule has 1 aromatic rings. The van der Waals surface area contributed by atoms with Crippen molar-refractivity contribution in [3.63, 3.8) is 0 Å². The van der Waals surface area contributed by atoms with Gasteiger partial charge >= 0.3 is 5.97 Å². The topological polar surface area (TPSA) is 103 Å². The van der Waals surface area contributed by atoms with Crippen LogP contribution in [0.15, 0.2) is 0 Å². The van der Waals surface area contributed by atoms with Gasteiger partial charge in [-0.25, -0.2) is 9.48 Å². The van der Waals surface area contributed by atoms with Gasteiger partial charge in [-0.1, -0.05) is 5.21 Å². The Morgan fingerprint density at radius 3 is 3.06 bits per heavy atom. The molecule has 0 bridgehead atoms. The van der Waals surface area contributed by atoms with Crippen LogP contribution in [0.2, 0.25) is 0 Å². The molecule has 7 heteroatoms. The van der Waals surface area contributed by atoms with Crippen LogP contribution in [0.1, 0.15) is 35.1 Å². The van der Waals surface area contributed by atoms with Gasteiger partial charge in [-0.2, -0.15) is 0 Å². The van der Waals surface area contributed by atoms with Gasteiger partial charge < -0.3 is 15.6 Å². The lowest BCUT2D eigenvalue weighted by atomic mass is 10.1. The molecule has 1 saturated heterocycles. The highest BCUT2D eigenvalue weighted by atomic mass is 16.5. The van der Waals surface area contributed by atoms with E-state index in [1.54, 1.807) is 4.68 Å². The van der Waals surface area contributed by atoms with Crippen molar-refractivity contribution in [3.05, 3.63) is 11.4 Å². The Morgan fingerprint density at radius 2 is 2.50 bits per heavy atom. The number of aromatic carboxylic acids is 1. The SMILES string of the molecule is NCc1c(C(=O)O)nnn1C1CCCOC1. The Balaban J connectivity index is 2.29. The molecule has 1 unspecified atom stereocenters. The summed E-state index contributed by atoms with van der Waals surface area (Å²) in [6, 6.07) is 0.0490. The molecule has 0 aliphatic carbocycles. The van der Waals surface area contributed by atoms with Crippen molar-refractivity contribution < 1.29 is 14.6 Å². The fourth-order valence-electron chi connectivity index (χ4n) is 1.88. The summed E-state index contributed by atoms with van der Waals surface area (Å²) in [6.45, 7) is 1.40. The van der Waals surface area contributed by atoms with Crippen molar-refractivity contribution in [2.24, 2.45) is 5.73 Å². The van der Waals surface area contributed by atoms with E-state index in [1.165, 1.54) is 0 Å². The molecule has 1 aliphatic rings. The molecule has 3 N–H and O–H groups in total. The number of hydrogen-bond donors (Lipinski definition) is 2. The maximum absolute atomic E-state index is 10.9. The standard InChI is InChI=1S/C9H14N4O3/c10-4-7-8(9(14)15)11-12-13(7)6-2-1-3-16-5-6/h6H,1-5,10H2,(H,14,15). The Hall–Kier alpha value is -1.47. The maximum atomic E-state index is 10.9. The molecule has 16 heavy (non-hydrogen) atoms. The molecule has 2 heterocycles. The van der Waals surface area contributed by atoms with Crippen molar-refractivity contribution in [2.75, 3.05) is 13.2 Å². The molecule has 0 spiro atoms. The molecule has 7 nitrogen and oxygen atoms in total. The molecule has 88 valence electrons. The third kappa shape index (κ3) is 1.91. The molecule has 0 amide bonds. The van der Waals surface area contributed by atoms with Crippen LogP contribution >= 0.6 is 0 Å². The van der Waals surface area contributed by atoms with E-state index in [-0.39, 0.29) is 18.3 Å². The van der Waals surface area contributed by atoms with Crippen LogP contribution in [0.4, 0.5) is 0 Å². The van der Waals surface area contributed by atoms with Crippen molar-refractivity contribution >= 4 is 5.97 Å². The van der Waals surface area contributed by atoms with Gasteiger partial charge in [0.2, 0.25) is 0 Å². The van der Waals surface area contributed by atoms with Gasteiger partial charge in [-0.05, 0) is 12.8 Å². The summed E-state index contributed by atoms with van der Waals surface area (Å²) in [5, 5.41) is 16.4. The second-order valence-electron chi connectivity index (χ2n) is 3.71. The van der Waals surface area contributed by atoms with Gasteiger partial charge in [0.15, 0.2) is 5.69 Å².